The summed E-state index contributed by atoms with van der Waals surface area (Å²) in [5.74, 6) is 0.603. The van der Waals surface area contributed by atoms with Crippen molar-refractivity contribution in [3.63, 3.8) is 0 Å². The number of benzene rings is 1. The van der Waals surface area contributed by atoms with E-state index in [1.807, 2.05) is 6.20 Å². The van der Waals surface area contributed by atoms with Gasteiger partial charge in [-0.25, -0.2) is 0 Å². The van der Waals surface area contributed by atoms with Gasteiger partial charge in [0, 0.05) is 30.6 Å². The summed E-state index contributed by atoms with van der Waals surface area (Å²) in [4.78, 5) is 12.4. The minimum atomic E-state index is -0.179. The number of H-pyrrole nitrogens is 1. The molecule has 0 fully saturated rings. The van der Waals surface area contributed by atoms with Crippen LogP contribution in [0.1, 0.15) is 54.6 Å². The smallest absolute Gasteiger partial charge is 0.223 e. The summed E-state index contributed by atoms with van der Waals surface area (Å²) in [6.45, 7) is 4.81. The molecule has 0 bridgehead atoms. The fraction of sp³-hybridized carbons (Fsp3) is 0.474. The molecule has 0 unspecified atom stereocenters. The maximum absolute atomic E-state index is 12.4. The van der Waals surface area contributed by atoms with Crippen molar-refractivity contribution in [1.29, 1.82) is 0 Å². The number of nitrogens with two attached hydrogens (primary N) is 1. The average molecular weight is 326 g/mol. The van der Waals surface area contributed by atoms with Crippen molar-refractivity contribution in [3.05, 3.63) is 52.8 Å². The number of amides is 1. The number of hydrogen-bond donors (Lipinski definition) is 3. The molecule has 5 nitrogen and oxygen atoms in total. The molecule has 0 aliphatic heterocycles. The summed E-state index contributed by atoms with van der Waals surface area (Å²) in [5, 5.41) is 10.1. The first-order chi connectivity index (χ1) is 11.5. The Hall–Kier alpha value is -2.14. The number of hydrogen-bond acceptors (Lipinski definition) is 3. The van der Waals surface area contributed by atoms with E-state index in [0.717, 1.165) is 30.5 Å². The third-order valence-electron chi connectivity index (χ3n) is 4.92. The van der Waals surface area contributed by atoms with Gasteiger partial charge in [0.15, 0.2) is 0 Å². The minimum Gasteiger partial charge on any atom is -0.354 e. The Labute approximate surface area is 143 Å². The molecule has 0 spiro atoms. The molecule has 0 saturated carbocycles. The number of aromatic nitrogens is 2. The lowest BCUT2D eigenvalue weighted by molar-refractivity contribution is -0.125. The van der Waals surface area contributed by atoms with Crippen molar-refractivity contribution in [2.24, 2.45) is 11.7 Å². The van der Waals surface area contributed by atoms with Crippen LogP contribution in [0.5, 0.6) is 0 Å². The van der Waals surface area contributed by atoms with Crippen LogP contribution in [0.15, 0.2) is 30.5 Å². The monoisotopic (exact) mass is 326 g/mol. The van der Waals surface area contributed by atoms with Crippen LogP contribution in [-0.4, -0.2) is 22.6 Å². The Morgan fingerprint density at radius 3 is 2.75 bits per heavy atom. The van der Waals surface area contributed by atoms with Crippen LogP contribution in [0, 0.1) is 5.92 Å². The van der Waals surface area contributed by atoms with Gasteiger partial charge in [0.2, 0.25) is 5.91 Å². The van der Waals surface area contributed by atoms with Crippen molar-refractivity contribution < 1.29 is 4.79 Å². The molecule has 1 aromatic carbocycles. The molecule has 0 saturated heterocycles. The van der Waals surface area contributed by atoms with Crippen molar-refractivity contribution in [2.75, 3.05) is 6.54 Å². The van der Waals surface area contributed by atoms with Gasteiger partial charge in [0.25, 0.3) is 0 Å². The van der Waals surface area contributed by atoms with E-state index in [2.05, 4.69) is 53.6 Å². The zero-order valence-corrected chi connectivity index (χ0v) is 14.4. The molecule has 1 amide bonds. The number of nitrogens with one attached hydrogen (secondary N) is 2. The maximum Gasteiger partial charge on any atom is 0.223 e. The predicted octanol–water partition coefficient (Wildman–Crippen LogP) is 2.45. The number of aryl methyl sites for hydroxylation is 1. The molecule has 1 aliphatic carbocycles. The topological polar surface area (TPSA) is 83.8 Å². The first kappa shape index (κ1) is 16.7. The summed E-state index contributed by atoms with van der Waals surface area (Å²) < 4.78 is 0. The molecule has 1 heterocycles. The summed E-state index contributed by atoms with van der Waals surface area (Å²) in [6, 6.07) is 8.17. The number of nitrogens with zero attached hydrogens (tertiary/aromatic N) is 1. The van der Waals surface area contributed by atoms with E-state index in [0.29, 0.717) is 12.5 Å². The molecular formula is C19H26N4O. The molecule has 128 valence electrons. The lowest BCUT2D eigenvalue weighted by Crippen LogP contribution is -2.38. The van der Waals surface area contributed by atoms with E-state index < -0.39 is 0 Å². The number of carbonyl (C=O) groups excluding carboxylic acids is 1. The molecule has 5 heteroatoms. The second-order valence-electron chi connectivity index (χ2n) is 6.99. The Morgan fingerprint density at radius 1 is 1.33 bits per heavy atom. The highest BCUT2D eigenvalue weighted by Crippen LogP contribution is 2.24. The lowest BCUT2D eigenvalue weighted by atomic mass is 9.87. The average Bonchev–Trinajstić information content (AvgIpc) is 3.07. The van der Waals surface area contributed by atoms with Gasteiger partial charge in [0.05, 0.1) is 6.20 Å². The highest BCUT2D eigenvalue weighted by atomic mass is 16.1. The Bertz CT molecular complexity index is 690. The highest BCUT2D eigenvalue weighted by Gasteiger charge is 2.26. The molecule has 1 aromatic heterocycles. The van der Waals surface area contributed by atoms with Gasteiger partial charge in [-0.1, -0.05) is 38.1 Å². The standard InChI is InChI=1S/C19H26N4O/c1-12(2)13-3-5-14(6-4-13)17(20)11-21-19(24)15-7-8-16-10-22-23-18(16)9-15/h3-6,10,12,15,17H,7-9,11,20H2,1-2H3,(H,21,24)(H,22,23)/t15-,17+/m0/s1. The molecule has 4 N–H and O–H groups in total. The zero-order valence-electron chi connectivity index (χ0n) is 14.4. The van der Waals surface area contributed by atoms with Crippen molar-refractivity contribution in [1.82, 2.24) is 15.5 Å². The molecule has 24 heavy (non-hydrogen) atoms. The van der Waals surface area contributed by atoms with E-state index in [4.69, 9.17) is 5.73 Å². The Morgan fingerprint density at radius 2 is 2.04 bits per heavy atom. The number of fused-ring (bicyclic) bond motifs is 1. The van der Waals surface area contributed by atoms with E-state index in [1.54, 1.807) is 0 Å². The van der Waals surface area contributed by atoms with Crippen molar-refractivity contribution in [2.45, 2.75) is 45.1 Å². The Kier molecular flexibility index (Phi) is 5.00. The van der Waals surface area contributed by atoms with Crippen LogP contribution in [0.4, 0.5) is 0 Å². The predicted molar refractivity (Wildman–Crippen MR) is 94.6 cm³/mol. The van der Waals surface area contributed by atoms with Gasteiger partial charge in [-0.3, -0.25) is 9.89 Å². The SMILES string of the molecule is CC(C)c1ccc([C@H](N)CNC(=O)[C@H]2CCc3cn[nH]c3C2)cc1. The first-order valence-corrected chi connectivity index (χ1v) is 8.69. The molecule has 0 radical (unpaired) electrons. The van der Waals surface area contributed by atoms with Crippen LogP contribution in [0.2, 0.25) is 0 Å². The third-order valence-corrected chi connectivity index (χ3v) is 4.92. The molecule has 1 aliphatic rings. The van der Waals surface area contributed by atoms with E-state index in [-0.39, 0.29) is 17.9 Å². The van der Waals surface area contributed by atoms with E-state index in [1.165, 1.54) is 11.1 Å². The first-order valence-electron chi connectivity index (χ1n) is 8.69. The second kappa shape index (κ2) is 7.18. The van der Waals surface area contributed by atoms with Gasteiger partial charge in [-0.05, 0) is 35.4 Å². The van der Waals surface area contributed by atoms with E-state index >= 15 is 0 Å². The summed E-state index contributed by atoms with van der Waals surface area (Å²) in [7, 11) is 0. The van der Waals surface area contributed by atoms with Crippen LogP contribution < -0.4 is 11.1 Å². The van der Waals surface area contributed by atoms with Crippen LogP contribution >= 0.6 is 0 Å². The van der Waals surface area contributed by atoms with Gasteiger partial charge in [-0.2, -0.15) is 5.10 Å². The molecule has 3 rings (SSSR count). The fourth-order valence-electron chi connectivity index (χ4n) is 3.23. The van der Waals surface area contributed by atoms with Crippen molar-refractivity contribution in [3.8, 4) is 0 Å². The highest BCUT2D eigenvalue weighted by molar-refractivity contribution is 5.79. The molecule has 2 atom stereocenters. The van der Waals surface area contributed by atoms with Crippen LogP contribution in [0.25, 0.3) is 0 Å². The van der Waals surface area contributed by atoms with E-state index in [9.17, 15) is 4.79 Å². The molecular weight excluding hydrogens is 300 g/mol. The quantitative estimate of drug-likeness (QED) is 0.789. The van der Waals surface area contributed by atoms with Crippen LogP contribution in [0.3, 0.4) is 0 Å². The minimum absolute atomic E-state index is 0.00784. The molecule has 2 aromatic rings. The number of carbonyl (C=O) groups is 1. The second-order valence-corrected chi connectivity index (χ2v) is 6.99. The maximum atomic E-state index is 12.4. The number of rotatable bonds is 5. The summed E-state index contributed by atoms with van der Waals surface area (Å²) >= 11 is 0. The Balaban J connectivity index is 1.52. The van der Waals surface area contributed by atoms with Gasteiger partial charge in [-0.15, -0.1) is 0 Å². The third kappa shape index (κ3) is 3.67. The van der Waals surface area contributed by atoms with Gasteiger partial charge < -0.3 is 11.1 Å². The largest absolute Gasteiger partial charge is 0.354 e. The number of aromatic amines is 1. The van der Waals surface area contributed by atoms with Crippen molar-refractivity contribution >= 4 is 5.91 Å². The normalized spacial score (nSPS) is 18.2. The summed E-state index contributed by atoms with van der Waals surface area (Å²) in [6.07, 6.45) is 4.38. The summed E-state index contributed by atoms with van der Waals surface area (Å²) in [5.41, 5.74) is 10.9. The van der Waals surface area contributed by atoms with Crippen LogP contribution in [-0.2, 0) is 17.6 Å². The van der Waals surface area contributed by atoms with Gasteiger partial charge >= 0.3 is 0 Å². The van der Waals surface area contributed by atoms with Gasteiger partial charge in [0.1, 0.15) is 0 Å². The zero-order chi connectivity index (χ0) is 17.1. The lowest BCUT2D eigenvalue weighted by Gasteiger charge is -2.22. The fourth-order valence-corrected chi connectivity index (χ4v) is 3.23.